The molecular formula is C14H20Cl2N2. The lowest BCUT2D eigenvalue weighted by Crippen LogP contribution is -2.51. The van der Waals surface area contributed by atoms with Gasteiger partial charge in [0.25, 0.3) is 0 Å². The number of piperazine rings is 1. The van der Waals surface area contributed by atoms with Crippen LogP contribution in [0.3, 0.4) is 0 Å². The molecule has 0 radical (unpaired) electrons. The molecule has 1 fully saturated rings. The summed E-state index contributed by atoms with van der Waals surface area (Å²) in [6.07, 6.45) is 1.20. The standard InChI is InChI=1S/C14H20Cl2N2/c1-10(2)5-13-9-18(4-3-17-13)14-7-11(15)6-12(16)8-14/h6-8,10,13,17H,3-5,9H2,1-2H3. The molecule has 1 aromatic rings. The Kier molecular flexibility index (Phi) is 4.77. The van der Waals surface area contributed by atoms with Crippen molar-refractivity contribution < 1.29 is 0 Å². The molecule has 0 amide bonds. The average Bonchev–Trinajstić information content (AvgIpc) is 2.27. The number of rotatable bonds is 3. The van der Waals surface area contributed by atoms with Gasteiger partial charge in [-0.1, -0.05) is 37.0 Å². The topological polar surface area (TPSA) is 15.3 Å². The molecule has 2 rings (SSSR count). The summed E-state index contributed by atoms with van der Waals surface area (Å²) >= 11 is 12.1. The molecule has 1 aromatic carbocycles. The molecular weight excluding hydrogens is 267 g/mol. The van der Waals surface area contributed by atoms with E-state index < -0.39 is 0 Å². The van der Waals surface area contributed by atoms with Crippen LogP contribution in [0.25, 0.3) is 0 Å². The molecule has 1 aliphatic heterocycles. The zero-order valence-electron chi connectivity index (χ0n) is 10.9. The number of nitrogens with one attached hydrogen (secondary N) is 1. The molecule has 2 nitrogen and oxygen atoms in total. The van der Waals surface area contributed by atoms with E-state index in [0.29, 0.717) is 22.0 Å². The van der Waals surface area contributed by atoms with Gasteiger partial charge in [0.05, 0.1) is 0 Å². The van der Waals surface area contributed by atoms with Gasteiger partial charge in [0.1, 0.15) is 0 Å². The van der Waals surface area contributed by atoms with Crippen molar-refractivity contribution in [1.82, 2.24) is 5.32 Å². The monoisotopic (exact) mass is 286 g/mol. The molecule has 0 aromatic heterocycles. The molecule has 1 N–H and O–H groups in total. The number of hydrogen-bond acceptors (Lipinski definition) is 2. The minimum Gasteiger partial charge on any atom is -0.369 e. The van der Waals surface area contributed by atoms with E-state index in [-0.39, 0.29) is 0 Å². The maximum atomic E-state index is 6.06. The molecule has 1 unspecified atom stereocenters. The van der Waals surface area contributed by atoms with Gasteiger partial charge in [-0.3, -0.25) is 0 Å². The van der Waals surface area contributed by atoms with E-state index in [2.05, 4.69) is 24.1 Å². The molecule has 1 aliphatic rings. The van der Waals surface area contributed by atoms with Gasteiger partial charge >= 0.3 is 0 Å². The summed E-state index contributed by atoms with van der Waals surface area (Å²) in [6.45, 7) is 7.56. The number of halogens is 2. The highest BCUT2D eigenvalue weighted by Gasteiger charge is 2.20. The van der Waals surface area contributed by atoms with Crippen LogP contribution >= 0.6 is 23.2 Å². The van der Waals surface area contributed by atoms with Crippen LogP contribution in [-0.2, 0) is 0 Å². The van der Waals surface area contributed by atoms with Crippen LogP contribution < -0.4 is 10.2 Å². The van der Waals surface area contributed by atoms with Crippen molar-refractivity contribution in [2.75, 3.05) is 24.5 Å². The molecule has 1 saturated heterocycles. The number of nitrogens with zero attached hydrogens (tertiary/aromatic N) is 1. The third kappa shape index (κ3) is 3.78. The Balaban J connectivity index is 2.08. The second kappa shape index (κ2) is 6.14. The largest absolute Gasteiger partial charge is 0.369 e. The van der Waals surface area contributed by atoms with Gasteiger partial charge in [-0.2, -0.15) is 0 Å². The number of hydrogen-bond donors (Lipinski definition) is 1. The Bertz CT molecular complexity index is 387. The third-order valence-electron chi connectivity index (χ3n) is 3.22. The Labute approximate surface area is 119 Å². The van der Waals surface area contributed by atoms with Gasteiger partial charge in [0.2, 0.25) is 0 Å². The van der Waals surface area contributed by atoms with Gasteiger partial charge in [0, 0.05) is 41.4 Å². The summed E-state index contributed by atoms with van der Waals surface area (Å²) in [4.78, 5) is 2.36. The van der Waals surface area contributed by atoms with Crippen molar-refractivity contribution in [3.05, 3.63) is 28.2 Å². The zero-order chi connectivity index (χ0) is 13.1. The van der Waals surface area contributed by atoms with Crippen molar-refractivity contribution in [2.45, 2.75) is 26.3 Å². The van der Waals surface area contributed by atoms with Crippen molar-refractivity contribution in [1.29, 1.82) is 0 Å². The average molecular weight is 287 g/mol. The van der Waals surface area contributed by atoms with E-state index >= 15 is 0 Å². The summed E-state index contributed by atoms with van der Waals surface area (Å²) in [7, 11) is 0. The van der Waals surface area contributed by atoms with Gasteiger partial charge in [-0.05, 0) is 30.5 Å². The summed E-state index contributed by atoms with van der Waals surface area (Å²) in [5, 5.41) is 4.98. The van der Waals surface area contributed by atoms with E-state index in [9.17, 15) is 0 Å². The van der Waals surface area contributed by atoms with Crippen LogP contribution in [0.2, 0.25) is 10.0 Å². The minimum absolute atomic E-state index is 0.552. The van der Waals surface area contributed by atoms with E-state index in [0.717, 1.165) is 25.3 Å². The van der Waals surface area contributed by atoms with Gasteiger partial charge < -0.3 is 10.2 Å². The molecule has 1 atom stereocenters. The normalized spacial score (nSPS) is 20.5. The lowest BCUT2D eigenvalue weighted by Gasteiger charge is -2.36. The van der Waals surface area contributed by atoms with Crippen LogP contribution in [0.1, 0.15) is 20.3 Å². The Morgan fingerprint density at radius 3 is 2.56 bits per heavy atom. The van der Waals surface area contributed by atoms with Gasteiger partial charge in [-0.15, -0.1) is 0 Å². The maximum Gasteiger partial charge on any atom is 0.0441 e. The molecule has 100 valence electrons. The van der Waals surface area contributed by atoms with Crippen molar-refractivity contribution in [3.63, 3.8) is 0 Å². The van der Waals surface area contributed by atoms with E-state index in [1.807, 2.05) is 12.1 Å². The third-order valence-corrected chi connectivity index (χ3v) is 3.66. The smallest absolute Gasteiger partial charge is 0.0441 e. The first-order chi connectivity index (χ1) is 8.54. The van der Waals surface area contributed by atoms with Crippen LogP contribution in [-0.4, -0.2) is 25.7 Å². The highest BCUT2D eigenvalue weighted by Crippen LogP contribution is 2.26. The predicted octanol–water partition coefficient (Wildman–Crippen LogP) is 3.82. The van der Waals surface area contributed by atoms with Crippen LogP contribution in [0.15, 0.2) is 18.2 Å². The van der Waals surface area contributed by atoms with Gasteiger partial charge in [0.15, 0.2) is 0 Å². The fraction of sp³-hybridized carbons (Fsp3) is 0.571. The summed E-state index contributed by atoms with van der Waals surface area (Å²) in [6, 6.07) is 6.31. The second-order valence-electron chi connectivity index (χ2n) is 5.35. The lowest BCUT2D eigenvalue weighted by molar-refractivity contribution is 0.388. The van der Waals surface area contributed by atoms with Crippen LogP contribution in [0, 0.1) is 5.92 Å². The van der Waals surface area contributed by atoms with Crippen LogP contribution in [0.4, 0.5) is 5.69 Å². The van der Waals surface area contributed by atoms with E-state index in [4.69, 9.17) is 23.2 Å². The lowest BCUT2D eigenvalue weighted by atomic mass is 10.0. The molecule has 0 bridgehead atoms. The molecule has 0 spiro atoms. The Morgan fingerprint density at radius 2 is 1.94 bits per heavy atom. The van der Waals surface area contributed by atoms with E-state index in [1.54, 1.807) is 6.07 Å². The van der Waals surface area contributed by atoms with Crippen LogP contribution in [0.5, 0.6) is 0 Å². The van der Waals surface area contributed by atoms with E-state index in [1.165, 1.54) is 6.42 Å². The molecule has 1 heterocycles. The van der Waals surface area contributed by atoms with Crippen molar-refractivity contribution in [3.8, 4) is 0 Å². The second-order valence-corrected chi connectivity index (χ2v) is 6.23. The number of benzene rings is 1. The highest BCUT2D eigenvalue weighted by molar-refractivity contribution is 6.35. The molecule has 4 heteroatoms. The summed E-state index contributed by atoms with van der Waals surface area (Å²) in [5.74, 6) is 0.713. The minimum atomic E-state index is 0.552. The molecule has 0 saturated carbocycles. The first kappa shape index (κ1) is 14.0. The predicted molar refractivity (Wildman–Crippen MR) is 79.9 cm³/mol. The fourth-order valence-corrected chi connectivity index (χ4v) is 3.02. The van der Waals surface area contributed by atoms with Crippen molar-refractivity contribution in [2.24, 2.45) is 5.92 Å². The first-order valence-electron chi connectivity index (χ1n) is 6.49. The Hall–Kier alpha value is -0.440. The molecule has 18 heavy (non-hydrogen) atoms. The number of anilines is 1. The quantitative estimate of drug-likeness (QED) is 0.909. The first-order valence-corrected chi connectivity index (χ1v) is 7.24. The maximum absolute atomic E-state index is 6.06. The summed E-state index contributed by atoms with van der Waals surface area (Å²) in [5.41, 5.74) is 1.13. The SMILES string of the molecule is CC(C)CC1CN(c2cc(Cl)cc(Cl)c2)CCN1. The summed E-state index contributed by atoms with van der Waals surface area (Å²) < 4.78 is 0. The fourth-order valence-electron chi connectivity index (χ4n) is 2.51. The highest BCUT2D eigenvalue weighted by atomic mass is 35.5. The van der Waals surface area contributed by atoms with Gasteiger partial charge in [-0.25, -0.2) is 0 Å². The zero-order valence-corrected chi connectivity index (χ0v) is 12.4. The van der Waals surface area contributed by atoms with Crippen molar-refractivity contribution >= 4 is 28.9 Å². The molecule has 0 aliphatic carbocycles. The Morgan fingerprint density at radius 1 is 1.28 bits per heavy atom.